The number of aryl methyl sites for hydroxylation is 1. The first-order valence-electron chi connectivity index (χ1n) is 12.9. The summed E-state index contributed by atoms with van der Waals surface area (Å²) in [5.74, 6) is 2.24. The zero-order valence-electron chi connectivity index (χ0n) is 20.9. The van der Waals surface area contributed by atoms with Gasteiger partial charge in [-0.25, -0.2) is 4.98 Å². The van der Waals surface area contributed by atoms with Crippen LogP contribution in [0.25, 0.3) is 0 Å². The van der Waals surface area contributed by atoms with Crippen molar-refractivity contribution in [2.45, 2.75) is 70.9 Å². The molecule has 0 radical (unpaired) electrons. The number of piperidine rings is 2. The standard InChI is InChI=1S/C27H37ClN4O3/c1-20(2)27-29-11-16-31(27)15-10-25(33)32-14-9-24(35-23-8-6-7-22(28)18-23)21(19-32)17-26(34)30-12-4-3-5-13-30/h6-8,11,16,18,20-21,24H,3-5,9-10,12-15,17,19H2,1-2H3/t21-,24-/m0/s1. The van der Waals surface area contributed by atoms with Gasteiger partial charge in [-0.15, -0.1) is 0 Å². The Morgan fingerprint density at radius 1 is 1.11 bits per heavy atom. The second kappa shape index (κ2) is 11.9. The van der Waals surface area contributed by atoms with Crippen molar-refractivity contribution in [3.8, 4) is 5.75 Å². The zero-order valence-corrected chi connectivity index (χ0v) is 21.6. The van der Waals surface area contributed by atoms with Crippen molar-refractivity contribution in [2.75, 3.05) is 26.2 Å². The lowest BCUT2D eigenvalue weighted by Crippen LogP contribution is -2.50. The number of amides is 2. The van der Waals surface area contributed by atoms with Gasteiger partial charge in [0.2, 0.25) is 11.8 Å². The topological polar surface area (TPSA) is 67.7 Å². The van der Waals surface area contributed by atoms with E-state index in [0.29, 0.717) is 55.6 Å². The molecule has 0 N–H and O–H groups in total. The summed E-state index contributed by atoms with van der Waals surface area (Å²) in [6.45, 7) is 7.64. The van der Waals surface area contributed by atoms with E-state index < -0.39 is 0 Å². The Hall–Kier alpha value is -2.54. The van der Waals surface area contributed by atoms with Crippen LogP contribution in [0, 0.1) is 5.92 Å². The van der Waals surface area contributed by atoms with E-state index in [0.717, 1.165) is 31.8 Å². The van der Waals surface area contributed by atoms with Gasteiger partial charge in [0.05, 0.1) is 0 Å². The Balaban J connectivity index is 1.41. The number of benzene rings is 1. The van der Waals surface area contributed by atoms with E-state index in [1.54, 1.807) is 12.3 Å². The average molecular weight is 501 g/mol. The van der Waals surface area contributed by atoms with E-state index in [1.165, 1.54) is 6.42 Å². The Morgan fingerprint density at radius 3 is 2.66 bits per heavy atom. The quantitative estimate of drug-likeness (QED) is 0.524. The number of halogens is 1. The van der Waals surface area contributed by atoms with E-state index in [1.807, 2.05) is 34.2 Å². The third kappa shape index (κ3) is 6.78. The van der Waals surface area contributed by atoms with Crippen LogP contribution < -0.4 is 4.74 Å². The van der Waals surface area contributed by atoms with E-state index >= 15 is 0 Å². The number of carbonyl (C=O) groups is 2. The van der Waals surface area contributed by atoms with Crippen LogP contribution in [0.4, 0.5) is 0 Å². The fraction of sp³-hybridized carbons (Fsp3) is 0.593. The molecule has 190 valence electrons. The molecule has 0 bridgehead atoms. The van der Waals surface area contributed by atoms with Gasteiger partial charge in [0.25, 0.3) is 0 Å². The van der Waals surface area contributed by atoms with Gasteiger partial charge in [-0.05, 0) is 37.5 Å². The number of nitrogens with zero attached hydrogens (tertiary/aromatic N) is 4. The highest BCUT2D eigenvalue weighted by molar-refractivity contribution is 6.30. The van der Waals surface area contributed by atoms with Crippen LogP contribution in [-0.2, 0) is 16.1 Å². The van der Waals surface area contributed by atoms with E-state index in [-0.39, 0.29) is 23.8 Å². The molecule has 3 heterocycles. The number of imidazole rings is 1. The minimum Gasteiger partial charge on any atom is -0.490 e. The minimum absolute atomic E-state index is 0.0550. The minimum atomic E-state index is -0.132. The maximum absolute atomic E-state index is 13.2. The molecule has 2 aromatic rings. The molecular formula is C27H37ClN4O3. The van der Waals surface area contributed by atoms with Crippen molar-refractivity contribution in [1.82, 2.24) is 19.4 Å². The van der Waals surface area contributed by atoms with Crippen LogP contribution in [0.2, 0.25) is 5.02 Å². The molecule has 2 aliphatic heterocycles. The molecule has 2 fully saturated rings. The Bertz CT molecular complexity index is 1000. The van der Waals surface area contributed by atoms with Crippen LogP contribution in [-0.4, -0.2) is 63.4 Å². The van der Waals surface area contributed by atoms with Crippen molar-refractivity contribution >= 4 is 23.4 Å². The molecule has 8 heteroatoms. The lowest BCUT2D eigenvalue weighted by molar-refractivity contribution is -0.139. The fourth-order valence-corrected chi connectivity index (χ4v) is 5.37. The van der Waals surface area contributed by atoms with Crippen LogP contribution in [0.3, 0.4) is 0 Å². The van der Waals surface area contributed by atoms with Gasteiger partial charge >= 0.3 is 0 Å². The average Bonchev–Trinajstić information content (AvgIpc) is 3.33. The predicted octanol–water partition coefficient (Wildman–Crippen LogP) is 4.75. The number of likely N-dealkylation sites (tertiary alicyclic amines) is 2. The molecule has 2 amide bonds. The zero-order chi connectivity index (χ0) is 24.8. The first kappa shape index (κ1) is 25.5. The van der Waals surface area contributed by atoms with Gasteiger partial charge < -0.3 is 19.1 Å². The van der Waals surface area contributed by atoms with Crippen molar-refractivity contribution in [3.05, 3.63) is 47.5 Å². The summed E-state index contributed by atoms with van der Waals surface area (Å²) in [5.41, 5.74) is 0. The summed E-state index contributed by atoms with van der Waals surface area (Å²) in [7, 11) is 0. The number of rotatable bonds is 8. The van der Waals surface area contributed by atoms with Gasteiger partial charge in [-0.2, -0.15) is 0 Å². The smallest absolute Gasteiger partial charge is 0.224 e. The molecule has 1 aromatic carbocycles. The monoisotopic (exact) mass is 500 g/mol. The van der Waals surface area contributed by atoms with Crippen LogP contribution >= 0.6 is 11.6 Å². The molecule has 0 unspecified atom stereocenters. The summed E-state index contributed by atoms with van der Waals surface area (Å²) < 4.78 is 8.38. The number of ether oxygens (including phenoxy) is 1. The molecule has 2 atom stereocenters. The second-order valence-corrected chi connectivity index (χ2v) is 10.5. The van der Waals surface area contributed by atoms with E-state index in [2.05, 4.69) is 23.4 Å². The van der Waals surface area contributed by atoms with Gasteiger partial charge in [0.1, 0.15) is 17.7 Å². The van der Waals surface area contributed by atoms with Gasteiger partial charge in [-0.1, -0.05) is 31.5 Å². The first-order chi connectivity index (χ1) is 16.9. The molecule has 0 aliphatic carbocycles. The molecule has 0 spiro atoms. The summed E-state index contributed by atoms with van der Waals surface area (Å²) in [4.78, 5) is 34.6. The molecular weight excluding hydrogens is 464 g/mol. The molecule has 2 aliphatic rings. The molecule has 0 saturated carbocycles. The molecule has 1 aromatic heterocycles. The third-order valence-corrected chi connectivity index (χ3v) is 7.31. The third-order valence-electron chi connectivity index (χ3n) is 7.08. The summed E-state index contributed by atoms with van der Waals surface area (Å²) in [6.07, 6.45) is 8.42. The van der Waals surface area contributed by atoms with E-state index in [9.17, 15) is 9.59 Å². The molecule has 2 saturated heterocycles. The van der Waals surface area contributed by atoms with Crippen LogP contribution in [0.15, 0.2) is 36.7 Å². The first-order valence-corrected chi connectivity index (χ1v) is 13.3. The number of carbonyl (C=O) groups excluding carboxylic acids is 2. The van der Waals surface area contributed by atoms with Crippen molar-refractivity contribution in [2.24, 2.45) is 5.92 Å². The largest absolute Gasteiger partial charge is 0.490 e. The van der Waals surface area contributed by atoms with Crippen molar-refractivity contribution in [1.29, 1.82) is 0 Å². The number of hydrogen-bond donors (Lipinski definition) is 0. The number of hydrogen-bond acceptors (Lipinski definition) is 4. The predicted molar refractivity (Wildman–Crippen MR) is 137 cm³/mol. The van der Waals surface area contributed by atoms with Crippen molar-refractivity contribution < 1.29 is 14.3 Å². The van der Waals surface area contributed by atoms with Gasteiger partial charge in [0.15, 0.2) is 0 Å². The molecule has 4 rings (SSSR count). The SMILES string of the molecule is CC(C)c1nccn1CCC(=O)N1CC[C@H](Oc2cccc(Cl)c2)[C@@H](CC(=O)N2CCCCC2)C1. The van der Waals surface area contributed by atoms with E-state index in [4.69, 9.17) is 16.3 Å². The lowest BCUT2D eigenvalue weighted by atomic mass is 9.90. The highest BCUT2D eigenvalue weighted by atomic mass is 35.5. The number of aromatic nitrogens is 2. The summed E-state index contributed by atoms with van der Waals surface area (Å²) in [5, 5.41) is 0.622. The highest BCUT2D eigenvalue weighted by Gasteiger charge is 2.35. The van der Waals surface area contributed by atoms with Crippen LogP contribution in [0.1, 0.15) is 64.1 Å². The highest BCUT2D eigenvalue weighted by Crippen LogP contribution is 2.28. The summed E-state index contributed by atoms with van der Waals surface area (Å²) in [6, 6.07) is 7.38. The Kier molecular flexibility index (Phi) is 8.71. The lowest BCUT2D eigenvalue weighted by Gasteiger charge is -2.39. The maximum Gasteiger partial charge on any atom is 0.224 e. The van der Waals surface area contributed by atoms with Gasteiger partial charge in [-0.3, -0.25) is 9.59 Å². The molecule has 7 nitrogen and oxygen atoms in total. The normalized spacial score (nSPS) is 20.8. The van der Waals surface area contributed by atoms with Crippen LogP contribution in [0.5, 0.6) is 5.75 Å². The molecule has 35 heavy (non-hydrogen) atoms. The Morgan fingerprint density at radius 2 is 1.91 bits per heavy atom. The van der Waals surface area contributed by atoms with Gasteiger partial charge in [0, 0.05) is 81.2 Å². The Labute approximate surface area is 213 Å². The van der Waals surface area contributed by atoms with Crippen molar-refractivity contribution in [3.63, 3.8) is 0 Å². The maximum atomic E-state index is 13.2. The second-order valence-electron chi connectivity index (χ2n) is 10.0. The summed E-state index contributed by atoms with van der Waals surface area (Å²) >= 11 is 6.16. The fourth-order valence-electron chi connectivity index (χ4n) is 5.18.